The van der Waals surface area contributed by atoms with Crippen LogP contribution in [0.3, 0.4) is 0 Å². The number of nitrogens with one attached hydrogen (secondary N) is 1. The minimum absolute atomic E-state index is 0.0566. The van der Waals surface area contributed by atoms with Crippen LogP contribution in [-0.4, -0.2) is 46.4 Å². The van der Waals surface area contributed by atoms with Gasteiger partial charge >= 0.3 is 5.97 Å². The van der Waals surface area contributed by atoms with Crippen LogP contribution in [0.2, 0.25) is 0 Å². The maximum absolute atomic E-state index is 12.0. The van der Waals surface area contributed by atoms with Crippen molar-refractivity contribution in [3.63, 3.8) is 0 Å². The first-order valence-electron chi connectivity index (χ1n) is 5.39. The topological polar surface area (TPSA) is 86.7 Å². The zero-order valence-corrected chi connectivity index (χ0v) is 8.81. The summed E-state index contributed by atoms with van der Waals surface area (Å²) in [6, 6.07) is -0.464. The standard InChI is InChI=1S/C10H14N2O4/c13-8-4-3-7(11-8)10(16)12(5-9(14)15)6-1-2-6/h6-7H,1-5H2,(H,11,13)(H,14,15). The van der Waals surface area contributed by atoms with Gasteiger partial charge in [-0.3, -0.25) is 14.4 Å². The van der Waals surface area contributed by atoms with E-state index in [1.807, 2.05) is 0 Å². The zero-order valence-electron chi connectivity index (χ0n) is 8.81. The molecule has 2 rings (SSSR count). The van der Waals surface area contributed by atoms with Gasteiger partial charge in [0.05, 0.1) is 0 Å². The second-order valence-corrected chi connectivity index (χ2v) is 4.25. The number of aliphatic carboxylic acids is 1. The maximum atomic E-state index is 12.0. The molecule has 0 aromatic rings. The van der Waals surface area contributed by atoms with Crippen LogP contribution in [0.5, 0.6) is 0 Å². The fraction of sp³-hybridized carbons (Fsp3) is 0.700. The van der Waals surface area contributed by atoms with Gasteiger partial charge in [0, 0.05) is 12.5 Å². The van der Waals surface area contributed by atoms with Crippen molar-refractivity contribution in [2.45, 2.75) is 37.8 Å². The minimum Gasteiger partial charge on any atom is -0.480 e. The number of carboxylic acids is 1. The van der Waals surface area contributed by atoms with Gasteiger partial charge < -0.3 is 15.3 Å². The van der Waals surface area contributed by atoms with E-state index in [2.05, 4.69) is 5.32 Å². The van der Waals surface area contributed by atoms with Crippen LogP contribution in [0, 0.1) is 0 Å². The Morgan fingerprint density at radius 3 is 2.50 bits per heavy atom. The van der Waals surface area contributed by atoms with Crippen molar-refractivity contribution in [2.75, 3.05) is 6.54 Å². The summed E-state index contributed by atoms with van der Waals surface area (Å²) in [6.45, 7) is -0.268. The van der Waals surface area contributed by atoms with Gasteiger partial charge in [-0.15, -0.1) is 0 Å². The smallest absolute Gasteiger partial charge is 0.323 e. The molecule has 0 aromatic carbocycles. The number of carboxylic acid groups (broad SMARTS) is 1. The van der Waals surface area contributed by atoms with E-state index in [-0.39, 0.29) is 24.4 Å². The van der Waals surface area contributed by atoms with Crippen molar-refractivity contribution in [3.8, 4) is 0 Å². The largest absolute Gasteiger partial charge is 0.480 e. The molecule has 88 valence electrons. The van der Waals surface area contributed by atoms with Crippen molar-refractivity contribution >= 4 is 17.8 Å². The highest BCUT2D eigenvalue weighted by Gasteiger charge is 2.38. The Morgan fingerprint density at radius 2 is 2.06 bits per heavy atom. The Bertz CT molecular complexity index is 338. The van der Waals surface area contributed by atoms with E-state index in [4.69, 9.17) is 5.11 Å². The molecule has 1 saturated heterocycles. The minimum atomic E-state index is -1.01. The van der Waals surface area contributed by atoms with Crippen LogP contribution < -0.4 is 5.32 Å². The molecule has 1 unspecified atom stereocenters. The molecule has 0 radical (unpaired) electrons. The first-order chi connectivity index (χ1) is 7.58. The van der Waals surface area contributed by atoms with Gasteiger partial charge in [-0.2, -0.15) is 0 Å². The molecule has 2 fully saturated rings. The SMILES string of the molecule is O=C(O)CN(C(=O)C1CCC(=O)N1)C1CC1. The van der Waals surface area contributed by atoms with Crippen LogP contribution in [0.1, 0.15) is 25.7 Å². The summed E-state index contributed by atoms with van der Waals surface area (Å²) in [6.07, 6.45) is 2.54. The predicted octanol–water partition coefficient (Wildman–Crippen LogP) is -0.659. The second-order valence-electron chi connectivity index (χ2n) is 4.25. The van der Waals surface area contributed by atoms with Crippen molar-refractivity contribution in [2.24, 2.45) is 0 Å². The van der Waals surface area contributed by atoms with Gasteiger partial charge in [-0.1, -0.05) is 0 Å². The number of carbonyl (C=O) groups is 3. The first kappa shape index (κ1) is 10.9. The maximum Gasteiger partial charge on any atom is 0.323 e. The van der Waals surface area contributed by atoms with E-state index in [9.17, 15) is 14.4 Å². The van der Waals surface area contributed by atoms with Gasteiger partial charge in [-0.05, 0) is 19.3 Å². The van der Waals surface area contributed by atoms with Gasteiger partial charge in [0.1, 0.15) is 12.6 Å². The van der Waals surface area contributed by atoms with E-state index in [0.29, 0.717) is 12.8 Å². The van der Waals surface area contributed by atoms with E-state index in [1.54, 1.807) is 0 Å². The summed E-state index contributed by atoms with van der Waals surface area (Å²) in [5.74, 6) is -1.40. The molecule has 1 saturated carbocycles. The average Bonchev–Trinajstić information content (AvgIpc) is 2.96. The lowest BCUT2D eigenvalue weighted by Crippen LogP contribution is -2.47. The molecule has 2 aliphatic rings. The van der Waals surface area contributed by atoms with Crippen LogP contribution in [0.25, 0.3) is 0 Å². The first-order valence-corrected chi connectivity index (χ1v) is 5.39. The lowest BCUT2D eigenvalue weighted by atomic mass is 10.2. The Morgan fingerprint density at radius 1 is 1.38 bits per heavy atom. The van der Waals surface area contributed by atoms with Crippen molar-refractivity contribution < 1.29 is 19.5 Å². The monoisotopic (exact) mass is 226 g/mol. The average molecular weight is 226 g/mol. The number of rotatable bonds is 4. The van der Waals surface area contributed by atoms with Crippen LogP contribution in [0.4, 0.5) is 0 Å². The molecule has 16 heavy (non-hydrogen) atoms. The Kier molecular flexibility index (Phi) is 2.80. The highest BCUT2D eigenvalue weighted by atomic mass is 16.4. The molecule has 6 heteroatoms. The lowest BCUT2D eigenvalue weighted by molar-refractivity contribution is -0.145. The van der Waals surface area contributed by atoms with Crippen molar-refractivity contribution in [1.29, 1.82) is 0 Å². The fourth-order valence-corrected chi connectivity index (χ4v) is 1.92. The van der Waals surface area contributed by atoms with E-state index in [0.717, 1.165) is 12.8 Å². The normalized spacial score (nSPS) is 24.0. The summed E-state index contributed by atoms with van der Waals surface area (Å²) in [5.41, 5.74) is 0. The summed E-state index contributed by atoms with van der Waals surface area (Å²) in [7, 11) is 0. The zero-order chi connectivity index (χ0) is 11.7. The van der Waals surface area contributed by atoms with Crippen molar-refractivity contribution in [1.82, 2.24) is 10.2 Å². The van der Waals surface area contributed by atoms with Crippen LogP contribution in [0.15, 0.2) is 0 Å². The molecule has 2 amide bonds. The van der Waals surface area contributed by atoms with Crippen LogP contribution >= 0.6 is 0 Å². The summed E-state index contributed by atoms with van der Waals surface area (Å²) in [4.78, 5) is 35.0. The third-order valence-corrected chi connectivity index (χ3v) is 2.87. The van der Waals surface area contributed by atoms with Gasteiger partial charge in [-0.25, -0.2) is 0 Å². The fourth-order valence-electron chi connectivity index (χ4n) is 1.92. The Labute approximate surface area is 92.6 Å². The number of nitrogens with zero attached hydrogens (tertiary/aromatic N) is 1. The molecule has 2 N–H and O–H groups in total. The third-order valence-electron chi connectivity index (χ3n) is 2.87. The molecule has 0 bridgehead atoms. The molecular weight excluding hydrogens is 212 g/mol. The second kappa shape index (κ2) is 4.11. The van der Waals surface area contributed by atoms with Crippen molar-refractivity contribution in [3.05, 3.63) is 0 Å². The molecule has 1 atom stereocenters. The Hall–Kier alpha value is -1.59. The van der Waals surface area contributed by atoms with Gasteiger partial charge in [0.15, 0.2) is 0 Å². The molecule has 1 aliphatic heterocycles. The molecular formula is C10H14N2O4. The molecule has 0 aromatic heterocycles. The number of hydrogen-bond acceptors (Lipinski definition) is 3. The van der Waals surface area contributed by atoms with Gasteiger partial charge in [0.2, 0.25) is 11.8 Å². The molecule has 0 spiro atoms. The summed E-state index contributed by atoms with van der Waals surface area (Å²) >= 11 is 0. The highest BCUT2D eigenvalue weighted by Crippen LogP contribution is 2.28. The van der Waals surface area contributed by atoms with E-state index >= 15 is 0 Å². The number of carbonyl (C=O) groups excluding carboxylic acids is 2. The predicted molar refractivity (Wildman–Crippen MR) is 53.5 cm³/mol. The third kappa shape index (κ3) is 2.32. The lowest BCUT2D eigenvalue weighted by Gasteiger charge is -2.23. The highest BCUT2D eigenvalue weighted by molar-refractivity contribution is 5.92. The summed E-state index contributed by atoms with van der Waals surface area (Å²) in [5, 5.41) is 11.3. The molecule has 1 aliphatic carbocycles. The quantitative estimate of drug-likeness (QED) is 0.666. The van der Waals surface area contributed by atoms with E-state index in [1.165, 1.54) is 4.90 Å². The molecule has 6 nitrogen and oxygen atoms in total. The number of amides is 2. The molecule has 1 heterocycles. The van der Waals surface area contributed by atoms with Crippen LogP contribution in [-0.2, 0) is 14.4 Å². The Balaban J connectivity index is 1.99. The van der Waals surface area contributed by atoms with E-state index < -0.39 is 12.0 Å². The van der Waals surface area contributed by atoms with Gasteiger partial charge in [0.25, 0.3) is 0 Å². The number of hydrogen-bond donors (Lipinski definition) is 2. The summed E-state index contributed by atoms with van der Waals surface area (Å²) < 4.78 is 0.